The summed E-state index contributed by atoms with van der Waals surface area (Å²) in [5, 5.41) is 4.16. The van der Waals surface area contributed by atoms with Gasteiger partial charge in [-0.2, -0.15) is 4.98 Å². The molecule has 0 spiro atoms. The highest BCUT2D eigenvalue weighted by molar-refractivity contribution is 5.80. The van der Waals surface area contributed by atoms with Crippen molar-refractivity contribution in [2.24, 2.45) is 5.92 Å². The topological polar surface area (TPSA) is 62.5 Å². The molecule has 1 aromatic heterocycles. The van der Waals surface area contributed by atoms with Gasteiger partial charge in [-0.3, -0.25) is 4.79 Å². The van der Waals surface area contributed by atoms with Crippen molar-refractivity contribution in [1.29, 1.82) is 0 Å². The van der Waals surface area contributed by atoms with Crippen LogP contribution in [0, 0.1) is 19.8 Å². The van der Waals surface area contributed by atoms with Crippen LogP contribution in [0.25, 0.3) is 11.4 Å². The summed E-state index contributed by atoms with van der Waals surface area (Å²) >= 11 is 0. The summed E-state index contributed by atoms with van der Waals surface area (Å²) in [6.45, 7) is 12.3. The van der Waals surface area contributed by atoms with E-state index in [-0.39, 0.29) is 17.4 Å². The maximum absolute atomic E-state index is 13.7. The smallest absolute Gasteiger partial charge is 0.246 e. The van der Waals surface area contributed by atoms with Crippen LogP contribution in [0.2, 0.25) is 0 Å². The van der Waals surface area contributed by atoms with Crippen molar-refractivity contribution < 1.29 is 9.32 Å². The average Bonchev–Trinajstić information content (AvgIpc) is 3.26. The first-order valence-electron chi connectivity index (χ1n) is 11.7. The van der Waals surface area contributed by atoms with Crippen molar-refractivity contribution in [3.63, 3.8) is 0 Å². The first kappa shape index (κ1) is 23.0. The largest absolute Gasteiger partial charge is 0.371 e. The molecule has 6 heteroatoms. The van der Waals surface area contributed by atoms with E-state index >= 15 is 0 Å². The van der Waals surface area contributed by atoms with Gasteiger partial charge in [-0.05, 0) is 65.7 Å². The van der Waals surface area contributed by atoms with Crippen LogP contribution in [0.1, 0.15) is 50.6 Å². The minimum Gasteiger partial charge on any atom is -0.371 e. The second-order valence-corrected chi connectivity index (χ2v) is 10.1. The number of carbonyl (C=O) groups is 1. The van der Waals surface area contributed by atoms with E-state index in [0.717, 1.165) is 37.1 Å². The molecular formula is C27H34N4O2. The molecule has 1 saturated heterocycles. The number of nitrogens with zero attached hydrogens (tertiary/aromatic N) is 4. The molecule has 1 amide bonds. The van der Waals surface area contributed by atoms with E-state index in [1.807, 2.05) is 36.1 Å². The zero-order valence-electron chi connectivity index (χ0n) is 20.3. The maximum Gasteiger partial charge on any atom is 0.246 e. The van der Waals surface area contributed by atoms with E-state index in [9.17, 15) is 4.79 Å². The molecule has 4 rings (SSSR count). The average molecular weight is 447 g/mol. The van der Waals surface area contributed by atoms with Crippen LogP contribution in [0.5, 0.6) is 0 Å². The van der Waals surface area contributed by atoms with E-state index < -0.39 is 0 Å². The van der Waals surface area contributed by atoms with Gasteiger partial charge in [0, 0.05) is 29.9 Å². The summed E-state index contributed by atoms with van der Waals surface area (Å²) in [6.07, 6.45) is 1.90. The highest BCUT2D eigenvalue weighted by Gasteiger charge is 2.35. The Morgan fingerprint density at radius 2 is 1.88 bits per heavy atom. The van der Waals surface area contributed by atoms with Gasteiger partial charge in [0.05, 0.1) is 5.92 Å². The van der Waals surface area contributed by atoms with Crippen molar-refractivity contribution >= 4 is 11.6 Å². The third kappa shape index (κ3) is 5.44. The second-order valence-electron chi connectivity index (χ2n) is 10.1. The number of aromatic nitrogens is 2. The van der Waals surface area contributed by atoms with Crippen LogP contribution in [-0.4, -0.2) is 39.6 Å². The van der Waals surface area contributed by atoms with Crippen LogP contribution in [-0.2, 0) is 11.3 Å². The summed E-state index contributed by atoms with van der Waals surface area (Å²) in [6, 6.07) is 16.6. The summed E-state index contributed by atoms with van der Waals surface area (Å²) in [4.78, 5) is 22.5. The van der Waals surface area contributed by atoms with E-state index in [1.54, 1.807) is 0 Å². The Bertz CT molecular complexity index is 1100. The molecular weight excluding hydrogens is 412 g/mol. The Hall–Kier alpha value is -3.15. The SMILES string of the molecule is Cc1ccc(N2CCC[C@@H](C(=O)N(Cc3nc(-c4cccc(C)c4)no3)C(C)(C)C)C2)cc1. The number of amides is 1. The fourth-order valence-corrected chi connectivity index (χ4v) is 4.39. The van der Waals surface area contributed by atoms with Gasteiger partial charge in [0.15, 0.2) is 0 Å². The third-order valence-corrected chi connectivity index (χ3v) is 6.28. The summed E-state index contributed by atoms with van der Waals surface area (Å²) in [5.41, 5.74) is 4.12. The monoisotopic (exact) mass is 446 g/mol. The Morgan fingerprint density at radius 1 is 1.12 bits per heavy atom. The van der Waals surface area contributed by atoms with Gasteiger partial charge < -0.3 is 14.3 Å². The summed E-state index contributed by atoms with van der Waals surface area (Å²) in [7, 11) is 0. The zero-order chi connectivity index (χ0) is 23.6. The number of carbonyl (C=O) groups excluding carboxylic acids is 1. The highest BCUT2D eigenvalue weighted by Crippen LogP contribution is 2.28. The number of aryl methyl sites for hydroxylation is 2. The Morgan fingerprint density at radius 3 is 2.58 bits per heavy atom. The van der Waals surface area contributed by atoms with E-state index in [0.29, 0.717) is 18.3 Å². The fraction of sp³-hybridized carbons (Fsp3) is 0.444. The molecule has 0 N–H and O–H groups in total. The molecule has 0 unspecified atom stereocenters. The molecule has 6 nitrogen and oxygen atoms in total. The van der Waals surface area contributed by atoms with Gasteiger partial charge in [-0.25, -0.2) is 0 Å². The fourth-order valence-electron chi connectivity index (χ4n) is 4.39. The lowest BCUT2D eigenvalue weighted by Crippen LogP contribution is -2.51. The van der Waals surface area contributed by atoms with Gasteiger partial charge in [0.1, 0.15) is 6.54 Å². The number of piperidine rings is 1. The van der Waals surface area contributed by atoms with Crippen molar-refractivity contribution in [2.45, 2.75) is 59.5 Å². The van der Waals surface area contributed by atoms with Crippen LogP contribution in [0.3, 0.4) is 0 Å². The lowest BCUT2D eigenvalue weighted by molar-refractivity contribution is -0.142. The first-order valence-corrected chi connectivity index (χ1v) is 11.7. The predicted molar refractivity (Wildman–Crippen MR) is 131 cm³/mol. The molecule has 2 aromatic carbocycles. The van der Waals surface area contributed by atoms with E-state index in [4.69, 9.17) is 4.52 Å². The molecule has 33 heavy (non-hydrogen) atoms. The van der Waals surface area contributed by atoms with E-state index in [2.05, 4.69) is 67.0 Å². The zero-order valence-corrected chi connectivity index (χ0v) is 20.3. The number of rotatable bonds is 5. The van der Waals surface area contributed by atoms with Crippen molar-refractivity contribution in [2.75, 3.05) is 18.0 Å². The molecule has 0 saturated carbocycles. The van der Waals surface area contributed by atoms with Gasteiger partial charge in [0.25, 0.3) is 0 Å². The second kappa shape index (κ2) is 9.38. The quantitative estimate of drug-likeness (QED) is 0.525. The van der Waals surface area contributed by atoms with Gasteiger partial charge in [0.2, 0.25) is 17.6 Å². The summed E-state index contributed by atoms with van der Waals surface area (Å²) in [5.74, 6) is 1.10. The third-order valence-electron chi connectivity index (χ3n) is 6.28. The molecule has 0 radical (unpaired) electrons. The number of anilines is 1. The van der Waals surface area contributed by atoms with Crippen LogP contribution < -0.4 is 4.90 Å². The highest BCUT2D eigenvalue weighted by atomic mass is 16.5. The molecule has 2 heterocycles. The van der Waals surface area contributed by atoms with Gasteiger partial charge in [-0.15, -0.1) is 0 Å². The van der Waals surface area contributed by atoms with Crippen molar-refractivity contribution in [1.82, 2.24) is 15.0 Å². The molecule has 0 bridgehead atoms. The number of hydrogen-bond donors (Lipinski definition) is 0. The molecule has 174 valence electrons. The van der Waals surface area contributed by atoms with Gasteiger partial charge >= 0.3 is 0 Å². The van der Waals surface area contributed by atoms with Crippen LogP contribution in [0.15, 0.2) is 53.1 Å². The minimum atomic E-state index is -0.360. The Balaban J connectivity index is 1.50. The molecule has 1 atom stereocenters. The predicted octanol–water partition coefficient (Wildman–Crippen LogP) is 5.40. The summed E-state index contributed by atoms with van der Waals surface area (Å²) < 4.78 is 5.56. The first-order chi connectivity index (χ1) is 15.7. The maximum atomic E-state index is 13.7. The standard InChI is InChI=1S/C27H34N4O2/c1-19-11-13-23(14-12-19)30-15-7-10-22(17-30)26(32)31(27(3,4)5)18-24-28-25(29-33-24)21-9-6-8-20(2)16-21/h6,8-9,11-14,16,22H,7,10,15,17-18H2,1-5H3/t22-/m1/s1. The minimum absolute atomic E-state index is 0.0570. The molecule has 1 aliphatic rings. The van der Waals surface area contributed by atoms with Crippen LogP contribution >= 0.6 is 0 Å². The lowest BCUT2D eigenvalue weighted by atomic mass is 9.93. The van der Waals surface area contributed by atoms with Crippen molar-refractivity contribution in [3.8, 4) is 11.4 Å². The van der Waals surface area contributed by atoms with Crippen molar-refractivity contribution in [3.05, 3.63) is 65.5 Å². The van der Waals surface area contributed by atoms with Gasteiger partial charge in [-0.1, -0.05) is 46.6 Å². The molecule has 1 fully saturated rings. The Labute approximate surface area is 196 Å². The molecule has 0 aliphatic carbocycles. The normalized spacial score (nSPS) is 16.6. The number of benzene rings is 2. The molecule has 1 aliphatic heterocycles. The van der Waals surface area contributed by atoms with E-state index in [1.165, 1.54) is 11.3 Å². The Kier molecular flexibility index (Phi) is 6.54. The molecule has 3 aromatic rings. The lowest BCUT2D eigenvalue weighted by Gasteiger charge is -2.40. The van der Waals surface area contributed by atoms with Crippen LogP contribution in [0.4, 0.5) is 5.69 Å². The number of hydrogen-bond acceptors (Lipinski definition) is 5.